The molecule has 9 heavy (non-hydrogen) atoms. The summed E-state index contributed by atoms with van der Waals surface area (Å²) in [6, 6.07) is 0. The Bertz CT molecular complexity index is 124. The first-order valence-corrected chi connectivity index (χ1v) is 2.55. The third kappa shape index (κ3) is 3.52. The molecule has 0 rings (SSSR count). The Hall–Kier alpha value is -1.06. The molecule has 4 nitrogen and oxygen atoms in total. The fourth-order valence-electron chi connectivity index (χ4n) is 0.441. The Morgan fingerprint density at radius 3 is 1.67 bits per heavy atom. The summed E-state index contributed by atoms with van der Waals surface area (Å²) in [7, 11) is 0. The maximum atomic E-state index is 8.13. The SMILES string of the molecule is CC(CC(C)=NO)=NO. The minimum Gasteiger partial charge on any atom is -0.411 e. The monoisotopic (exact) mass is 130 g/mol. The summed E-state index contributed by atoms with van der Waals surface area (Å²) in [6.07, 6.45) is 0.410. The lowest BCUT2D eigenvalue weighted by Crippen LogP contribution is -1.99. The van der Waals surface area contributed by atoms with Gasteiger partial charge in [0.2, 0.25) is 0 Å². The van der Waals surface area contributed by atoms with Crippen molar-refractivity contribution in [3.8, 4) is 0 Å². The van der Waals surface area contributed by atoms with E-state index in [4.69, 9.17) is 10.4 Å². The van der Waals surface area contributed by atoms with Crippen molar-refractivity contribution in [1.82, 2.24) is 0 Å². The Morgan fingerprint density at radius 1 is 1.11 bits per heavy atom. The average molecular weight is 130 g/mol. The van der Waals surface area contributed by atoms with Crippen LogP contribution in [0.15, 0.2) is 10.3 Å². The van der Waals surface area contributed by atoms with E-state index in [-0.39, 0.29) is 0 Å². The second kappa shape index (κ2) is 3.88. The Kier molecular flexibility index (Phi) is 3.43. The maximum Gasteiger partial charge on any atom is 0.0597 e. The molecule has 2 N–H and O–H groups in total. The van der Waals surface area contributed by atoms with Gasteiger partial charge in [0.15, 0.2) is 0 Å². The van der Waals surface area contributed by atoms with Gasteiger partial charge in [-0.3, -0.25) is 0 Å². The van der Waals surface area contributed by atoms with E-state index in [1.807, 2.05) is 0 Å². The standard InChI is InChI=1S/C5H10N2O2/c1-4(6-8)3-5(2)7-9/h8-9H,3H2,1-2H3. The zero-order valence-corrected chi connectivity index (χ0v) is 5.50. The van der Waals surface area contributed by atoms with Crippen molar-refractivity contribution < 1.29 is 10.4 Å². The first-order chi connectivity index (χ1) is 4.20. The van der Waals surface area contributed by atoms with E-state index >= 15 is 0 Å². The molecule has 0 aromatic carbocycles. The predicted molar refractivity (Wildman–Crippen MR) is 34.4 cm³/mol. The van der Waals surface area contributed by atoms with E-state index in [1.54, 1.807) is 13.8 Å². The second-order valence-corrected chi connectivity index (χ2v) is 1.85. The van der Waals surface area contributed by atoms with Gasteiger partial charge in [0.1, 0.15) is 0 Å². The molecule has 0 aromatic rings. The van der Waals surface area contributed by atoms with Gasteiger partial charge in [-0.15, -0.1) is 0 Å². The highest BCUT2D eigenvalue weighted by molar-refractivity contribution is 6.01. The highest BCUT2D eigenvalue weighted by atomic mass is 16.4. The van der Waals surface area contributed by atoms with Gasteiger partial charge in [0.05, 0.1) is 11.4 Å². The summed E-state index contributed by atoms with van der Waals surface area (Å²) in [5.41, 5.74) is 1.07. The van der Waals surface area contributed by atoms with Crippen LogP contribution in [0.5, 0.6) is 0 Å². The van der Waals surface area contributed by atoms with Crippen molar-refractivity contribution >= 4 is 11.4 Å². The third-order valence-electron chi connectivity index (χ3n) is 0.853. The lowest BCUT2D eigenvalue weighted by atomic mass is 10.2. The fourth-order valence-corrected chi connectivity index (χ4v) is 0.441. The lowest BCUT2D eigenvalue weighted by Gasteiger charge is -1.92. The second-order valence-electron chi connectivity index (χ2n) is 1.85. The van der Waals surface area contributed by atoms with Gasteiger partial charge in [-0.2, -0.15) is 0 Å². The van der Waals surface area contributed by atoms with Crippen LogP contribution >= 0.6 is 0 Å². The molecule has 52 valence electrons. The zero-order chi connectivity index (χ0) is 7.28. The van der Waals surface area contributed by atoms with Gasteiger partial charge in [-0.05, 0) is 13.8 Å². The summed E-state index contributed by atoms with van der Waals surface area (Å²) in [4.78, 5) is 0. The van der Waals surface area contributed by atoms with Crippen molar-refractivity contribution in [2.24, 2.45) is 10.3 Å². The molecule has 0 unspecified atom stereocenters. The van der Waals surface area contributed by atoms with Gasteiger partial charge < -0.3 is 10.4 Å². The van der Waals surface area contributed by atoms with Crippen molar-refractivity contribution in [3.63, 3.8) is 0 Å². The van der Waals surface area contributed by atoms with Gasteiger partial charge in [0.25, 0.3) is 0 Å². The van der Waals surface area contributed by atoms with E-state index < -0.39 is 0 Å². The lowest BCUT2D eigenvalue weighted by molar-refractivity contribution is 0.315. The van der Waals surface area contributed by atoms with Crippen LogP contribution in [0.3, 0.4) is 0 Å². The van der Waals surface area contributed by atoms with Crippen LogP contribution in [0, 0.1) is 0 Å². The topological polar surface area (TPSA) is 65.2 Å². The van der Waals surface area contributed by atoms with Gasteiger partial charge in [-0.25, -0.2) is 0 Å². The molecule has 0 fully saturated rings. The molecule has 0 amide bonds. The van der Waals surface area contributed by atoms with E-state index in [1.165, 1.54) is 0 Å². The van der Waals surface area contributed by atoms with E-state index in [9.17, 15) is 0 Å². The molecule has 0 saturated heterocycles. The van der Waals surface area contributed by atoms with E-state index in [2.05, 4.69) is 10.3 Å². The molecular weight excluding hydrogens is 120 g/mol. The molecule has 4 heteroatoms. The minimum atomic E-state index is 0.410. The highest BCUT2D eigenvalue weighted by Gasteiger charge is 1.94. The van der Waals surface area contributed by atoms with Crippen molar-refractivity contribution in [2.75, 3.05) is 0 Å². The molecule has 0 spiro atoms. The Labute approximate surface area is 53.5 Å². The first kappa shape index (κ1) is 7.94. The number of oxime groups is 2. The van der Waals surface area contributed by atoms with Crippen LogP contribution in [0.2, 0.25) is 0 Å². The molecule has 0 aliphatic rings. The summed E-state index contributed by atoms with van der Waals surface area (Å²) >= 11 is 0. The molecule has 0 bridgehead atoms. The van der Waals surface area contributed by atoms with Crippen LogP contribution in [-0.4, -0.2) is 21.8 Å². The smallest absolute Gasteiger partial charge is 0.0597 e. The number of hydrogen-bond acceptors (Lipinski definition) is 4. The first-order valence-electron chi connectivity index (χ1n) is 2.55. The highest BCUT2D eigenvalue weighted by Crippen LogP contribution is 1.87. The molecule has 0 atom stereocenters. The van der Waals surface area contributed by atoms with Gasteiger partial charge in [0, 0.05) is 6.42 Å². The molecule has 0 saturated carbocycles. The molecule has 0 aliphatic heterocycles. The largest absolute Gasteiger partial charge is 0.411 e. The summed E-state index contributed by atoms with van der Waals surface area (Å²) in [5.74, 6) is 0. The Balaban J connectivity index is 3.75. The van der Waals surface area contributed by atoms with Crippen molar-refractivity contribution in [2.45, 2.75) is 20.3 Å². The van der Waals surface area contributed by atoms with Gasteiger partial charge >= 0.3 is 0 Å². The maximum absolute atomic E-state index is 8.13. The molecule has 0 aliphatic carbocycles. The van der Waals surface area contributed by atoms with Crippen molar-refractivity contribution in [1.29, 1.82) is 0 Å². The third-order valence-corrected chi connectivity index (χ3v) is 0.853. The Morgan fingerprint density at radius 2 is 1.44 bits per heavy atom. The van der Waals surface area contributed by atoms with Crippen LogP contribution in [0.4, 0.5) is 0 Å². The van der Waals surface area contributed by atoms with Crippen LogP contribution in [0.25, 0.3) is 0 Å². The van der Waals surface area contributed by atoms with Crippen molar-refractivity contribution in [3.05, 3.63) is 0 Å². The fraction of sp³-hybridized carbons (Fsp3) is 0.600. The molecule has 0 heterocycles. The van der Waals surface area contributed by atoms with Gasteiger partial charge in [-0.1, -0.05) is 10.3 Å². The average Bonchev–Trinajstić information content (AvgIpc) is 1.87. The summed E-state index contributed by atoms with van der Waals surface area (Å²) < 4.78 is 0. The van der Waals surface area contributed by atoms with Crippen LogP contribution in [-0.2, 0) is 0 Å². The number of hydrogen-bond donors (Lipinski definition) is 2. The molecular formula is C5H10N2O2. The normalized spacial score (nSPS) is 14.0. The van der Waals surface area contributed by atoms with Crippen LogP contribution < -0.4 is 0 Å². The minimum absolute atomic E-state index is 0.410. The zero-order valence-electron chi connectivity index (χ0n) is 5.50. The summed E-state index contributed by atoms with van der Waals surface area (Å²) in [5, 5.41) is 22.1. The van der Waals surface area contributed by atoms with Crippen LogP contribution in [0.1, 0.15) is 20.3 Å². The predicted octanol–water partition coefficient (Wildman–Crippen LogP) is 1.08. The number of nitrogens with zero attached hydrogens (tertiary/aromatic N) is 2. The number of rotatable bonds is 2. The molecule has 0 aromatic heterocycles. The summed E-state index contributed by atoms with van der Waals surface area (Å²) in [6.45, 7) is 3.30. The molecule has 0 radical (unpaired) electrons. The van der Waals surface area contributed by atoms with E-state index in [0.29, 0.717) is 17.8 Å². The van der Waals surface area contributed by atoms with E-state index in [0.717, 1.165) is 0 Å². The quantitative estimate of drug-likeness (QED) is 0.333.